The fourth-order valence-electron chi connectivity index (χ4n) is 1.74. The zero-order chi connectivity index (χ0) is 10.3. The van der Waals surface area contributed by atoms with E-state index >= 15 is 0 Å². The van der Waals surface area contributed by atoms with Crippen molar-refractivity contribution in [3.63, 3.8) is 0 Å². The van der Waals surface area contributed by atoms with Gasteiger partial charge in [0.15, 0.2) is 0 Å². The van der Waals surface area contributed by atoms with Gasteiger partial charge in [0.2, 0.25) is 0 Å². The maximum absolute atomic E-state index is 11.4. The number of benzene rings is 1. The van der Waals surface area contributed by atoms with E-state index in [4.69, 9.17) is 10.5 Å². The molecule has 0 fully saturated rings. The van der Waals surface area contributed by atoms with Crippen LogP contribution in [0.4, 0.5) is 5.69 Å². The van der Waals surface area contributed by atoms with Crippen LogP contribution in [0.1, 0.15) is 35.9 Å². The van der Waals surface area contributed by atoms with Gasteiger partial charge in [0.05, 0.1) is 5.56 Å². The van der Waals surface area contributed by atoms with Crippen LogP contribution < -0.4 is 5.73 Å². The van der Waals surface area contributed by atoms with Gasteiger partial charge in [-0.2, -0.15) is 0 Å². The second-order valence-corrected chi connectivity index (χ2v) is 3.92. The topological polar surface area (TPSA) is 52.3 Å². The SMILES string of the molecule is CC(C)C1OC(=O)c2ccc(N)cc21. The summed E-state index contributed by atoms with van der Waals surface area (Å²) >= 11 is 0. The molecule has 1 atom stereocenters. The molecule has 1 unspecified atom stereocenters. The highest BCUT2D eigenvalue weighted by atomic mass is 16.5. The average molecular weight is 191 g/mol. The van der Waals surface area contributed by atoms with Crippen LogP contribution in [0.3, 0.4) is 0 Å². The number of nitrogen functional groups attached to an aromatic ring is 1. The third-order valence-electron chi connectivity index (χ3n) is 2.44. The summed E-state index contributed by atoms with van der Waals surface area (Å²) in [6.45, 7) is 4.05. The van der Waals surface area contributed by atoms with Crippen LogP contribution in [0.2, 0.25) is 0 Å². The molecule has 2 rings (SSSR count). The number of carbonyl (C=O) groups is 1. The summed E-state index contributed by atoms with van der Waals surface area (Å²) in [6, 6.07) is 5.28. The van der Waals surface area contributed by atoms with E-state index in [1.807, 2.05) is 19.9 Å². The minimum absolute atomic E-state index is 0.138. The van der Waals surface area contributed by atoms with E-state index in [0.717, 1.165) is 5.56 Å². The summed E-state index contributed by atoms with van der Waals surface area (Å²) in [7, 11) is 0. The summed E-state index contributed by atoms with van der Waals surface area (Å²) in [5, 5.41) is 0. The number of esters is 1. The number of hydrogen-bond donors (Lipinski definition) is 1. The number of hydrogen-bond acceptors (Lipinski definition) is 3. The lowest BCUT2D eigenvalue weighted by molar-refractivity contribution is 0.0280. The predicted molar refractivity (Wildman–Crippen MR) is 53.8 cm³/mol. The first-order valence-corrected chi connectivity index (χ1v) is 4.70. The van der Waals surface area contributed by atoms with Gasteiger partial charge in [-0.05, 0) is 24.1 Å². The molecule has 0 bridgehead atoms. The number of rotatable bonds is 1. The monoisotopic (exact) mass is 191 g/mol. The minimum atomic E-state index is -0.237. The Morgan fingerprint density at radius 1 is 1.43 bits per heavy atom. The second kappa shape index (κ2) is 3.01. The lowest BCUT2D eigenvalue weighted by atomic mass is 9.97. The molecule has 1 aromatic carbocycles. The van der Waals surface area contributed by atoms with E-state index in [1.165, 1.54) is 0 Å². The number of fused-ring (bicyclic) bond motifs is 1. The van der Waals surface area contributed by atoms with Crippen molar-refractivity contribution in [2.75, 3.05) is 5.73 Å². The van der Waals surface area contributed by atoms with Crippen molar-refractivity contribution in [3.05, 3.63) is 29.3 Å². The second-order valence-electron chi connectivity index (χ2n) is 3.92. The fraction of sp³-hybridized carbons (Fsp3) is 0.364. The van der Waals surface area contributed by atoms with Crippen LogP contribution in [0.25, 0.3) is 0 Å². The van der Waals surface area contributed by atoms with E-state index < -0.39 is 0 Å². The summed E-state index contributed by atoms with van der Waals surface area (Å²) in [6.07, 6.45) is -0.138. The molecule has 3 heteroatoms. The molecule has 3 nitrogen and oxygen atoms in total. The molecule has 2 N–H and O–H groups in total. The zero-order valence-corrected chi connectivity index (χ0v) is 8.28. The van der Waals surface area contributed by atoms with Crippen LogP contribution >= 0.6 is 0 Å². The first-order valence-electron chi connectivity index (χ1n) is 4.70. The molecular formula is C11H13NO2. The molecule has 0 amide bonds. The number of carbonyl (C=O) groups excluding carboxylic acids is 1. The molecule has 0 radical (unpaired) electrons. The molecule has 1 heterocycles. The Morgan fingerprint density at radius 2 is 2.14 bits per heavy atom. The average Bonchev–Trinajstić information content (AvgIpc) is 2.43. The normalized spacial score (nSPS) is 19.6. The van der Waals surface area contributed by atoms with Crippen molar-refractivity contribution in [1.82, 2.24) is 0 Å². The molecule has 1 aliphatic heterocycles. The van der Waals surface area contributed by atoms with Crippen molar-refractivity contribution in [1.29, 1.82) is 0 Å². The van der Waals surface area contributed by atoms with E-state index in [1.54, 1.807) is 12.1 Å². The van der Waals surface area contributed by atoms with Crippen LogP contribution in [0.5, 0.6) is 0 Å². The van der Waals surface area contributed by atoms with Crippen LogP contribution in [0, 0.1) is 5.92 Å². The third kappa shape index (κ3) is 1.25. The maximum atomic E-state index is 11.4. The molecule has 1 aromatic rings. The quantitative estimate of drug-likeness (QED) is 0.546. The lowest BCUT2D eigenvalue weighted by Crippen LogP contribution is -2.06. The summed E-state index contributed by atoms with van der Waals surface area (Å²) in [4.78, 5) is 11.4. The Kier molecular flexibility index (Phi) is 1.95. The third-order valence-corrected chi connectivity index (χ3v) is 2.44. The van der Waals surface area contributed by atoms with E-state index in [-0.39, 0.29) is 18.0 Å². The highest BCUT2D eigenvalue weighted by molar-refractivity contribution is 5.94. The van der Waals surface area contributed by atoms with E-state index in [0.29, 0.717) is 11.3 Å². The van der Waals surface area contributed by atoms with E-state index in [9.17, 15) is 4.79 Å². The van der Waals surface area contributed by atoms with Crippen molar-refractivity contribution in [2.45, 2.75) is 20.0 Å². The van der Waals surface area contributed by atoms with Gasteiger partial charge in [-0.3, -0.25) is 0 Å². The van der Waals surface area contributed by atoms with Crippen molar-refractivity contribution < 1.29 is 9.53 Å². The van der Waals surface area contributed by atoms with E-state index in [2.05, 4.69) is 0 Å². The van der Waals surface area contributed by atoms with Crippen LogP contribution in [-0.4, -0.2) is 5.97 Å². The molecule has 0 saturated carbocycles. The number of ether oxygens (including phenoxy) is 1. The van der Waals surface area contributed by atoms with Crippen molar-refractivity contribution in [3.8, 4) is 0 Å². The molecular weight excluding hydrogens is 178 g/mol. The molecule has 1 aliphatic rings. The highest BCUT2D eigenvalue weighted by Crippen LogP contribution is 2.36. The lowest BCUT2D eigenvalue weighted by Gasteiger charge is -2.14. The Labute approximate surface area is 82.9 Å². The van der Waals surface area contributed by atoms with Crippen molar-refractivity contribution in [2.24, 2.45) is 5.92 Å². The first kappa shape index (κ1) is 9.06. The molecule has 0 spiro atoms. The van der Waals surface area contributed by atoms with Gasteiger partial charge in [0.1, 0.15) is 6.10 Å². The van der Waals surface area contributed by atoms with Gasteiger partial charge in [-0.1, -0.05) is 13.8 Å². The van der Waals surface area contributed by atoms with Crippen LogP contribution in [-0.2, 0) is 4.74 Å². The summed E-state index contributed by atoms with van der Waals surface area (Å²) < 4.78 is 5.25. The smallest absolute Gasteiger partial charge is 0.339 e. The largest absolute Gasteiger partial charge is 0.454 e. The Balaban J connectivity index is 2.51. The Morgan fingerprint density at radius 3 is 2.79 bits per heavy atom. The summed E-state index contributed by atoms with van der Waals surface area (Å²) in [5.41, 5.74) is 7.92. The predicted octanol–water partition coefficient (Wildman–Crippen LogP) is 2.14. The van der Waals surface area contributed by atoms with Gasteiger partial charge in [0.25, 0.3) is 0 Å². The Bertz CT molecular complexity index is 385. The Hall–Kier alpha value is -1.51. The highest BCUT2D eigenvalue weighted by Gasteiger charge is 2.32. The molecule has 74 valence electrons. The van der Waals surface area contributed by atoms with Gasteiger partial charge in [-0.25, -0.2) is 4.79 Å². The van der Waals surface area contributed by atoms with Gasteiger partial charge in [0, 0.05) is 11.3 Å². The van der Waals surface area contributed by atoms with Crippen molar-refractivity contribution >= 4 is 11.7 Å². The first-order chi connectivity index (χ1) is 6.59. The zero-order valence-electron chi connectivity index (χ0n) is 8.28. The number of cyclic esters (lactones) is 1. The van der Waals surface area contributed by atoms with Crippen LogP contribution in [0.15, 0.2) is 18.2 Å². The van der Waals surface area contributed by atoms with Gasteiger partial charge < -0.3 is 10.5 Å². The number of anilines is 1. The van der Waals surface area contributed by atoms with Gasteiger partial charge >= 0.3 is 5.97 Å². The molecule has 0 aromatic heterocycles. The minimum Gasteiger partial charge on any atom is -0.454 e. The standard InChI is InChI=1S/C11H13NO2/c1-6(2)10-9-5-7(12)3-4-8(9)11(13)14-10/h3-6,10H,12H2,1-2H3. The number of nitrogens with two attached hydrogens (primary N) is 1. The summed E-state index contributed by atoms with van der Waals surface area (Å²) in [5.74, 6) is 0.0423. The fourth-order valence-corrected chi connectivity index (χ4v) is 1.74. The molecule has 0 saturated heterocycles. The maximum Gasteiger partial charge on any atom is 0.339 e. The van der Waals surface area contributed by atoms with Gasteiger partial charge in [-0.15, -0.1) is 0 Å². The molecule has 14 heavy (non-hydrogen) atoms. The molecule has 0 aliphatic carbocycles.